The molecule has 4 amide bonds. The molecule has 0 fully saturated rings. The average Bonchev–Trinajstić information content (AvgIpc) is 2.84. The molecule has 37 heavy (non-hydrogen) atoms. The Kier molecular flexibility index (Phi) is 8.71. The Labute approximate surface area is 218 Å². The van der Waals surface area contributed by atoms with Crippen molar-refractivity contribution in [1.29, 1.82) is 0 Å². The van der Waals surface area contributed by atoms with Gasteiger partial charge in [-0.3, -0.25) is 9.59 Å². The van der Waals surface area contributed by atoms with Crippen LogP contribution >= 0.6 is 0 Å². The molecule has 194 valence electrons. The fraction of sp³-hybridized carbons (Fsp3) is 0.300. The van der Waals surface area contributed by atoms with Crippen LogP contribution < -0.4 is 21.7 Å². The van der Waals surface area contributed by atoms with Gasteiger partial charge < -0.3 is 21.7 Å². The van der Waals surface area contributed by atoms with E-state index in [0.29, 0.717) is 5.69 Å². The minimum atomic E-state index is -0.927. The van der Waals surface area contributed by atoms with Gasteiger partial charge in [-0.25, -0.2) is 4.79 Å². The second-order valence-electron chi connectivity index (χ2n) is 10.4. The van der Waals surface area contributed by atoms with E-state index in [9.17, 15) is 14.4 Å². The van der Waals surface area contributed by atoms with E-state index < -0.39 is 35.3 Å². The summed E-state index contributed by atoms with van der Waals surface area (Å²) in [7, 11) is 0. The number of aryl methyl sites for hydroxylation is 2. The van der Waals surface area contributed by atoms with Crippen LogP contribution in [0.4, 0.5) is 10.5 Å². The van der Waals surface area contributed by atoms with Gasteiger partial charge in [-0.15, -0.1) is 0 Å². The Morgan fingerprint density at radius 1 is 0.784 bits per heavy atom. The summed E-state index contributed by atoms with van der Waals surface area (Å²) in [5, 5.41) is 8.38. The highest BCUT2D eigenvalue weighted by Gasteiger charge is 2.35. The third-order valence-electron chi connectivity index (χ3n) is 6.28. The van der Waals surface area contributed by atoms with E-state index in [-0.39, 0.29) is 6.42 Å². The molecule has 3 aromatic carbocycles. The van der Waals surface area contributed by atoms with Crippen LogP contribution in [0, 0.1) is 19.3 Å². The van der Waals surface area contributed by atoms with Crippen LogP contribution in [0.1, 0.15) is 37.5 Å². The molecule has 0 aliphatic heterocycles. The van der Waals surface area contributed by atoms with Gasteiger partial charge in [0.1, 0.15) is 12.1 Å². The molecule has 0 unspecified atom stereocenters. The summed E-state index contributed by atoms with van der Waals surface area (Å²) in [6, 6.07) is 21.1. The lowest BCUT2D eigenvalue weighted by atomic mass is 9.86. The number of carbonyl (C=O) groups excluding carboxylic acids is 3. The Balaban J connectivity index is 1.70. The number of urea groups is 1. The molecule has 0 aliphatic carbocycles. The SMILES string of the molecule is Cc1cccc(C)c1NC(=O)N[C@H](C(=O)N[C@@H](Cc1ccc(-c2ccccc2)cc1)C(N)=O)C(C)(C)C. The fourth-order valence-electron chi connectivity index (χ4n) is 4.15. The summed E-state index contributed by atoms with van der Waals surface area (Å²) in [6.07, 6.45) is 0.238. The molecule has 0 radical (unpaired) electrons. The first kappa shape index (κ1) is 27.5. The highest BCUT2D eigenvalue weighted by Crippen LogP contribution is 2.23. The van der Waals surface area contributed by atoms with Crippen molar-refractivity contribution in [2.75, 3.05) is 5.32 Å². The van der Waals surface area contributed by atoms with Crippen molar-refractivity contribution < 1.29 is 14.4 Å². The van der Waals surface area contributed by atoms with Crippen molar-refractivity contribution in [3.63, 3.8) is 0 Å². The van der Waals surface area contributed by atoms with E-state index in [4.69, 9.17) is 5.73 Å². The van der Waals surface area contributed by atoms with E-state index >= 15 is 0 Å². The molecule has 3 rings (SSSR count). The van der Waals surface area contributed by atoms with Gasteiger partial charge >= 0.3 is 6.03 Å². The molecule has 0 saturated carbocycles. The van der Waals surface area contributed by atoms with E-state index in [1.165, 1.54) is 0 Å². The van der Waals surface area contributed by atoms with Crippen molar-refractivity contribution in [3.8, 4) is 11.1 Å². The minimum absolute atomic E-state index is 0.238. The van der Waals surface area contributed by atoms with E-state index in [2.05, 4.69) is 16.0 Å². The molecule has 0 aliphatic rings. The van der Waals surface area contributed by atoms with Gasteiger partial charge in [-0.05, 0) is 47.1 Å². The molecule has 7 heteroatoms. The predicted molar refractivity (Wildman–Crippen MR) is 148 cm³/mol. The zero-order valence-corrected chi connectivity index (χ0v) is 22.1. The number of benzene rings is 3. The van der Waals surface area contributed by atoms with E-state index in [1.807, 2.05) is 107 Å². The van der Waals surface area contributed by atoms with E-state index in [1.54, 1.807) is 0 Å². The Hall–Kier alpha value is -4.13. The second kappa shape index (κ2) is 11.7. The molecule has 0 aromatic heterocycles. The smallest absolute Gasteiger partial charge is 0.319 e. The first-order valence-electron chi connectivity index (χ1n) is 12.3. The Bertz CT molecular complexity index is 1230. The standard InChI is InChI=1S/C30H36N4O3/c1-19-10-9-11-20(2)25(19)33-29(37)34-26(30(3,4)5)28(36)32-24(27(31)35)18-21-14-16-23(17-15-21)22-12-7-6-8-13-22/h6-17,24,26H,18H2,1-5H3,(H2,31,35)(H,32,36)(H2,33,34,37)/t24-,26+/m0/s1. The molecule has 5 N–H and O–H groups in total. The number of nitrogens with one attached hydrogen (secondary N) is 3. The lowest BCUT2D eigenvalue weighted by Gasteiger charge is -2.31. The molecular formula is C30H36N4O3. The third kappa shape index (κ3) is 7.43. The molecule has 0 heterocycles. The number of hydrogen-bond acceptors (Lipinski definition) is 3. The zero-order valence-electron chi connectivity index (χ0n) is 22.1. The minimum Gasteiger partial charge on any atom is -0.368 e. The molecule has 3 aromatic rings. The third-order valence-corrected chi connectivity index (χ3v) is 6.28. The largest absolute Gasteiger partial charge is 0.368 e. The van der Waals surface area contributed by atoms with E-state index in [0.717, 1.165) is 27.8 Å². The Morgan fingerprint density at radius 2 is 1.35 bits per heavy atom. The lowest BCUT2D eigenvalue weighted by molar-refractivity contribution is -0.130. The number of primary amides is 1. The second-order valence-corrected chi connectivity index (χ2v) is 10.4. The lowest BCUT2D eigenvalue weighted by Crippen LogP contribution is -2.58. The van der Waals surface area contributed by atoms with Crippen molar-refractivity contribution in [3.05, 3.63) is 89.5 Å². The maximum atomic E-state index is 13.3. The number of nitrogens with two attached hydrogens (primary N) is 1. The number of anilines is 1. The van der Waals surface area contributed by atoms with Gasteiger partial charge in [0.2, 0.25) is 11.8 Å². The van der Waals surface area contributed by atoms with Gasteiger partial charge in [0.05, 0.1) is 0 Å². The maximum Gasteiger partial charge on any atom is 0.319 e. The summed E-state index contributed by atoms with van der Waals surface area (Å²) in [6.45, 7) is 9.34. The maximum absolute atomic E-state index is 13.3. The van der Waals surface area contributed by atoms with Gasteiger partial charge in [0.15, 0.2) is 0 Å². The van der Waals surface area contributed by atoms with Crippen LogP contribution in [-0.2, 0) is 16.0 Å². The summed E-state index contributed by atoms with van der Waals surface area (Å²) < 4.78 is 0. The van der Waals surface area contributed by atoms with Crippen LogP contribution in [0.2, 0.25) is 0 Å². The summed E-state index contributed by atoms with van der Waals surface area (Å²) >= 11 is 0. The van der Waals surface area contributed by atoms with Crippen molar-refractivity contribution in [2.45, 2.75) is 53.1 Å². The number of carbonyl (C=O) groups is 3. The summed E-state index contributed by atoms with van der Waals surface area (Å²) in [5.74, 6) is -1.12. The number of amides is 4. The van der Waals surface area contributed by atoms with Gasteiger partial charge in [-0.1, -0.05) is 93.6 Å². The number of para-hydroxylation sites is 1. The average molecular weight is 501 g/mol. The number of hydrogen-bond donors (Lipinski definition) is 4. The first-order valence-corrected chi connectivity index (χ1v) is 12.3. The van der Waals surface area contributed by atoms with Crippen LogP contribution in [0.15, 0.2) is 72.8 Å². The van der Waals surface area contributed by atoms with Gasteiger partial charge in [-0.2, -0.15) is 0 Å². The quantitative estimate of drug-likeness (QED) is 0.359. The summed E-state index contributed by atoms with van der Waals surface area (Å²) in [4.78, 5) is 38.4. The number of rotatable bonds is 8. The highest BCUT2D eigenvalue weighted by atomic mass is 16.2. The normalized spacial score (nSPS) is 12.8. The molecule has 0 spiro atoms. The van der Waals surface area contributed by atoms with Crippen molar-refractivity contribution >= 4 is 23.5 Å². The highest BCUT2D eigenvalue weighted by molar-refractivity contribution is 5.96. The zero-order chi connectivity index (χ0) is 27.2. The molecule has 7 nitrogen and oxygen atoms in total. The molecule has 0 saturated heterocycles. The molecule has 2 atom stereocenters. The monoisotopic (exact) mass is 500 g/mol. The molecular weight excluding hydrogens is 464 g/mol. The topological polar surface area (TPSA) is 113 Å². The van der Waals surface area contributed by atoms with Crippen LogP contribution in [0.3, 0.4) is 0 Å². The first-order chi connectivity index (χ1) is 17.5. The summed E-state index contributed by atoms with van der Waals surface area (Å²) in [5.41, 5.74) is 10.6. The van der Waals surface area contributed by atoms with Gasteiger partial charge in [0, 0.05) is 12.1 Å². The van der Waals surface area contributed by atoms with Crippen LogP contribution in [0.25, 0.3) is 11.1 Å². The van der Waals surface area contributed by atoms with Crippen LogP contribution in [0.5, 0.6) is 0 Å². The van der Waals surface area contributed by atoms with Crippen molar-refractivity contribution in [2.24, 2.45) is 11.1 Å². The fourth-order valence-corrected chi connectivity index (χ4v) is 4.15. The van der Waals surface area contributed by atoms with Crippen LogP contribution in [-0.4, -0.2) is 29.9 Å². The van der Waals surface area contributed by atoms with Gasteiger partial charge in [0.25, 0.3) is 0 Å². The molecule has 0 bridgehead atoms. The Morgan fingerprint density at radius 3 is 1.89 bits per heavy atom. The van der Waals surface area contributed by atoms with Crippen molar-refractivity contribution in [1.82, 2.24) is 10.6 Å². The predicted octanol–water partition coefficient (Wildman–Crippen LogP) is 4.72.